The molecule has 0 bridgehead atoms. The predicted molar refractivity (Wildman–Crippen MR) is 82.7 cm³/mol. The van der Waals surface area contributed by atoms with Crippen LogP contribution < -0.4 is 10.2 Å². The Morgan fingerprint density at radius 1 is 1.30 bits per heavy atom. The van der Waals surface area contributed by atoms with Crippen molar-refractivity contribution in [2.45, 2.75) is 32.4 Å². The molecule has 0 aromatic heterocycles. The summed E-state index contributed by atoms with van der Waals surface area (Å²) >= 11 is 0. The van der Waals surface area contributed by atoms with Gasteiger partial charge in [0.2, 0.25) is 0 Å². The number of anilines is 1. The highest BCUT2D eigenvalue weighted by molar-refractivity contribution is 5.49. The Morgan fingerprint density at radius 2 is 2.00 bits per heavy atom. The van der Waals surface area contributed by atoms with E-state index in [1.54, 1.807) is 12.1 Å². The molecule has 1 fully saturated rings. The first-order chi connectivity index (χ1) is 9.60. The van der Waals surface area contributed by atoms with E-state index in [9.17, 15) is 4.39 Å². The van der Waals surface area contributed by atoms with E-state index in [2.05, 4.69) is 42.2 Å². The molecule has 1 aromatic carbocycles. The first-order valence-corrected chi connectivity index (χ1v) is 7.51. The van der Waals surface area contributed by atoms with Crippen LogP contribution in [0.1, 0.15) is 25.3 Å². The molecule has 0 saturated carbocycles. The van der Waals surface area contributed by atoms with Crippen molar-refractivity contribution in [2.75, 3.05) is 38.6 Å². The smallest absolute Gasteiger partial charge is 0.125 e. The lowest BCUT2D eigenvalue weighted by Crippen LogP contribution is -2.42. The highest BCUT2D eigenvalue weighted by Gasteiger charge is 2.21. The number of hydrogen-bond acceptors (Lipinski definition) is 3. The lowest BCUT2D eigenvalue weighted by Gasteiger charge is -2.36. The van der Waals surface area contributed by atoms with Crippen LogP contribution in [0.15, 0.2) is 18.2 Å². The molecule has 0 spiro atoms. The molecule has 1 aromatic rings. The first kappa shape index (κ1) is 15.3. The second-order valence-electron chi connectivity index (χ2n) is 5.74. The second kappa shape index (κ2) is 7.04. The summed E-state index contributed by atoms with van der Waals surface area (Å²) in [7, 11) is 4.24. The maximum absolute atomic E-state index is 13.8. The number of nitrogens with one attached hydrogen (secondary N) is 1. The summed E-state index contributed by atoms with van der Waals surface area (Å²) < 4.78 is 13.8. The van der Waals surface area contributed by atoms with Crippen molar-refractivity contribution in [1.82, 2.24) is 10.2 Å². The van der Waals surface area contributed by atoms with Crippen LogP contribution in [-0.4, -0.2) is 44.7 Å². The maximum Gasteiger partial charge on any atom is 0.125 e. The van der Waals surface area contributed by atoms with Crippen molar-refractivity contribution in [3.63, 3.8) is 0 Å². The molecule has 0 atom stereocenters. The molecule has 0 aliphatic carbocycles. The van der Waals surface area contributed by atoms with Gasteiger partial charge in [0.15, 0.2) is 0 Å². The average Bonchev–Trinajstić information content (AvgIpc) is 2.44. The van der Waals surface area contributed by atoms with E-state index in [-0.39, 0.29) is 5.82 Å². The predicted octanol–water partition coefficient (Wildman–Crippen LogP) is 2.47. The van der Waals surface area contributed by atoms with Gasteiger partial charge in [-0.3, -0.25) is 0 Å². The van der Waals surface area contributed by atoms with E-state index < -0.39 is 0 Å². The third-order valence-corrected chi connectivity index (χ3v) is 4.16. The highest BCUT2D eigenvalue weighted by Crippen LogP contribution is 2.24. The Balaban J connectivity index is 2.08. The lowest BCUT2D eigenvalue weighted by molar-refractivity contribution is 0.253. The summed E-state index contributed by atoms with van der Waals surface area (Å²) in [5.41, 5.74) is 2.01. The van der Waals surface area contributed by atoms with Gasteiger partial charge in [0.05, 0.1) is 0 Å². The van der Waals surface area contributed by atoms with E-state index >= 15 is 0 Å². The van der Waals surface area contributed by atoms with Gasteiger partial charge in [0, 0.05) is 25.3 Å². The van der Waals surface area contributed by atoms with Crippen LogP contribution in [0.25, 0.3) is 0 Å². The van der Waals surface area contributed by atoms with Crippen molar-refractivity contribution >= 4 is 5.69 Å². The zero-order valence-corrected chi connectivity index (χ0v) is 12.8. The van der Waals surface area contributed by atoms with E-state index in [0.717, 1.165) is 50.3 Å². The standard InChI is InChI=1S/C16H26FN3/c1-4-18-12-13-9-14(17)11-16(10-13)20(3)15-5-7-19(2)8-6-15/h9-11,15,18H,4-8,12H2,1-3H3. The monoisotopic (exact) mass is 279 g/mol. The fourth-order valence-electron chi connectivity index (χ4n) is 2.80. The summed E-state index contributed by atoms with van der Waals surface area (Å²) in [6, 6.07) is 5.88. The van der Waals surface area contributed by atoms with Crippen LogP contribution >= 0.6 is 0 Å². The molecule has 0 unspecified atom stereocenters. The maximum atomic E-state index is 13.8. The molecule has 1 aliphatic rings. The zero-order chi connectivity index (χ0) is 14.5. The molecule has 20 heavy (non-hydrogen) atoms. The molecular weight excluding hydrogens is 253 g/mol. The van der Waals surface area contributed by atoms with Crippen LogP contribution in [0.3, 0.4) is 0 Å². The Morgan fingerprint density at radius 3 is 2.65 bits per heavy atom. The van der Waals surface area contributed by atoms with E-state index in [1.165, 1.54) is 0 Å². The Labute approximate surface area is 121 Å². The largest absolute Gasteiger partial charge is 0.371 e. The molecular formula is C16H26FN3. The normalized spacial score (nSPS) is 17.4. The van der Waals surface area contributed by atoms with E-state index in [0.29, 0.717) is 6.04 Å². The molecule has 1 saturated heterocycles. The van der Waals surface area contributed by atoms with Crippen molar-refractivity contribution in [3.8, 4) is 0 Å². The van der Waals surface area contributed by atoms with Crippen molar-refractivity contribution in [2.24, 2.45) is 0 Å². The third-order valence-electron chi connectivity index (χ3n) is 4.16. The number of nitrogens with zero attached hydrogens (tertiary/aromatic N) is 2. The van der Waals surface area contributed by atoms with Gasteiger partial charge in [0.1, 0.15) is 5.82 Å². The van der Waals surface area contributed by atoms with E-state index in [1.807, 2.05) is 0 Å². The Kier molecular flexibility index (Phi) is 5.38. The molecule has 0 radical (unpaired) electrons. The molecule has 3 nitrogen and oxygen atoms in total. The van der Waals surface area contributed by atoms with Crippen molar-refractivity contribution in [3.05, 3.63) is 29.6 Å². The van der Waals surface area contributed by atoms with Gasteiger partial charge in [-0.1, -0.05) is 6.92 Å². The number of rotatable bonds is 5. The number of likely N-dealkylation sites (tertiary alicyclic amines) is 1. The van der Waals surface area contributed by atoms with Gasteiger partial charge in [0.25, 0.3) is 0 Å². The molecule has 2 rings (SSSR count). The number of benzene rings is 1. The van der Waals surface area contributed by atoms with E-state index in [4.69, 9.17) is 0 Å². The topological polar surface area (TPSA) is 18.5 Å². The van der Waals surface area contributed by atoms with Crippen molar-refractivity contribution < 1.29 is 4.39 Å². The van der Waals surface area contributed by atoms with Gasteiger partial charge in [-0.2, -0.15) is 0 Å². The van der Waals surface area contributed by atoms with Gasteiger partial charge in [-0.15, -0.1) is 0 Å². The van der Waals surface area contributed by atoms with Gasteiger partial charge >= 0.3 is 0 Å². The zero-order valence-electron chi connectivity index (χ0n) is 12.8. The molecule has 1 N–H and O–H groups in total. The lowest BCUT2D eigenvalue weighted by atomic mass is 10.0. The summed E-state index contributed by atoms with van der Waals surface area (Å²) in [6.07, 6.45) is 2.29. The summed E-state index contributed by atoms with van der Waals surface area (Å²) in [5.74, 6) is -0.143. The summed E-state index contributed by atoms with van der Waals surface area (Å²) in [4.78, 5) is 4.60. The fraction of sp³-hybridized carbons (Fsp3) is 0.625. The Hall–Kier alpha value is -1.13. The van der Waals surface area contributed by atoms with Crippen LogP contribution in [0.2, 0.25) is 0 Å². The van der Waals surface area contributed by atoms with Crippen LogP contribution in [-0.2, 0) is 6.54 Å². The molecule has 1 heterocycles. The minimum atomic E-state index is -0.143. The fourth-order valence-corrected chi connectivity index (χ4v) is 2.80. The van der Waals surface area contributed by atoms with Gasteiger partial charge in [-0.25, -0.2) is 4.39 Å². The summed E-state index contributed by atoms with van der Waals surface area (Å²) in [5, 5.41) is 3.25. The van der Waals surface area contributed by atoms with Crippen LogP contribution in [0.4, 0.5) is 10.1 Å². The Bertz CT molecular complexity index is 428. The number of hydrogen-bond donors (Lipinski definition) is 1. The highest BCUT2D eigenvalue weighted by atomic mass is 19.1. The number of halogens is 1. The molecule has 112 valence electrons. The van der Waals surface area contributed by atoms with Gasteiger partial charge in [-0.05, 0) is 63.3 Å². The van der Waals surface area contributed by atoms with Crippen LogP contribution in [0.5, 0.6) is 0 Å². The third kappa shape index (κ3) is 3.93. The second-order valence-corrected chi connectivity index (χ2v) is 5.74. The minimum absolute atomic E-state index is 0.143. The van der Waals surface area contributed by atoms with Gasteiger partial charge < -0.3 is 15.1 Å². The van der Waals surface area contributed by atoms with Crippen LogP contribution in [0, 0.1) is 5.82 Å². The van der Waals surface area contributed by atoms with Crippen molar-refractivity contribution in [1.29, 1.82) is 0 Å². The molecule has 0 amide bonds. The average molecular weight is 279 g/mol. The quantitative estimate of drug-likeness (QED) is 0.893. The minimum Gasteiger partial charge on any atom is -0.371 e. The SMILES string of the molecule is CCNCc1cc(F)cc(N(C)C2CCN(C)CC2)c1. The molecule has 4 heteroatoms. The first-order valence-electron chi connectivity index (χ1n) is 7.51. The molecule has 1 aliphatic heterocycles. The summed E-state index contributed by atoms with van der Waals surface area (Å²) in [6.45, 7) is 5.92. The number of piperidine rings is 1.